The van der Waals surface area contributed by atoms with Crippen LogP contribution in [0.1, 0.15) is 10.4 Å². The van der Waals surface area contributed by atoms with Crippen LogP contribution in [0, 0.1) is 0 Å². The molecule has 5 nitrogen and oxygen atoms in total. The summed E-state index contributed by atoms with van der Waals surface area (Å²) < 4.78 is 0. The lowest BCUT2D eigenvalue weighted by Crippen LogP contribution is -2.37. The van der Waals surface area contributed by atoms with Crippen LogP contribution in [0.5, 0.6) is 0 Å². The number of hydrogen-bond acceptors (Lipinski definition) is 4. The fourth-order valence-corrected chi connectivity index (χ4v) is 4.32. The minimum absolute atomic E-state index is 0.147. The predicted molar refractivity (Wildman–Crippen MR) is 119 cm³/mol. The van der Waals surface area contributed by atoms with E-state index in [1.54, 1.807) is 30.0 Å². The molecule has 0 fully saturated rings. The molecule has 3 aromatic rings. The summed E-state index contributed by atoms with van der Waals surface area (Å²) in [7, 11) is 0. The quantitative estimate of drug-likeness (QED) is 0.659. The first-order chi connectivity index (χ1) is 14.2. The molecule has 146 valence electrons. The number of thioether (sulfide) groups is 1. The number of rotatable bonds is 5. The van der Waals surface area contributed by atoms with Gasteiger partial charge in [0.1, 0.15) is 0 Å². The number of fused-ring (bicyclic) bond motifs is 1. The number of amides is 2. The zero-order valence-electron chi connectivity index (χ0n) is 15.8. The van der Waals surface area contributed by atoms with E-state index in [4.69, 9.17) is 0 Å². The maximum Gasteiger partial charge on any atom is 0.257 e. The van der Waals surface area contributed by atoms with E-state index in [-0.39, 0.29) is 18.4 Å². The third-order valence-electron chi connectivity index (χ3n) is 4.64. The van der Waals surface area contributed by atoms with Crippen molar-refractivity contribution in [1.82, 2.24) is 0 Å². The fourth-order valence-electron chi connectivity index (χ4n) is 3.26. The molecule has 4 rings (SSSR count). The van der Waals surface area contributed by atoms with E-state index >= 15 is 0 Å². The highest BCUT2D eigenvalue weighted by molar-refractivity contribution is 7.99. The minimum atomic E-state index is -0.258. The molecule has 0 unspecified atom stereocenters. The van der Waals surface area contributed by atoms with Crippen LogP contribution >= 0.6 is 11.8 Å². The van der Waals surface area contributed by atoms with Crippen molar-refractivity contribution in [3.63, 3.8) is 0 Å². The summed E-state index contributed by atoms with van der Waals surface area (Å²) in [6, 6.07) is 24.4. The zero-order valence-corrected chi connectivity index (χ0v) is 16.6. The van der Waals surface area contributed by atoms with Crippen molar-refractivity contribution in [1.29, 1.82) is 0 Å². The van der Waals surface area contributed by atoms with Gasteiger partial charge in [-0.05, 0) is 36.4 Å². The summed E-state index contributed by atoms with van der Waals surface area (Å²) in [6.45, 7) is 1.05. The summed E-state index contributed by atoms with van der Waals surface area (Å²) in [5.74, 6) is 0.541. The number of nitrogens with zero attached hydrogens (tertiary/aromatic N) is 1. The molecule has 1 aliphatic rings. The minimum Gasteiger partial charge on any atom is -0.360 e. The van der Waals surface area contributed by atoms with E-state index in [1.165, 1.54) is 4.90 Å². The van der Waals surface area contributed by atoms with Crippen molar-refractivity contribution >= 4 is 40.6 Å². The summed E-state index contributed by atoms with van der Waals surface area (Å²) in [5, 5.41) is 5.77. The average Bonchev–Trinajstić information content (AvgIpc) is 2.75. The molecule has 29 heavy (non-hydrogen) atoms. The summed E-state index contributed by atoms with van der Waals surface area (Å²) in [4.78, 5) is 28.7. The van der Waals surface area contributed by atoms with Crippen LogP contribution in [0.3, 0.4) is 0 Å². The molecule has 1 heterocycles. The number of carbonyl (C=O) groups excluding carboxylic acids is 2. The van der Waals surface area contributed by atoms with Gasteiger partial charge in [-0.3, -0.25) is 9.59 Å². The normalized spacial score (nSPS) is 12.8. The molecule has 0 aromatic heterocycles. The number of nitrogens with one attached hydrogen (secondary N) is 2. The standard InChI is InChI=1S/C23H21N3O2S/c27-22(16-26-14-15-29-21-13-7-6-12-20(21)26)25-19-11-5-4-10-18(19)23(28)24-17-8-2-1-3-9-17/h1-13H,14-16H2,(H,24,28)(H,25,27). The largest absolute Gasteiger partial charge is 0.360 e. The molecule has 0 spiro atoms. The highest BCUT2D eigenvalue weighted by Gasteiger charge is 2.20. The second-order valence-corrected chi connectivity index (χ2v) is 7.79. The van der Waals surface area contributed by atoms with E-state index in [2.05, 4.69) is 21.6 Å². The van der Waals surface area contributed by atoms with Crippen LogP contribution in [0.4, 0.5) is 17.1 Å². The molecule has 0 bridgehead atoms. The number of hydrogen-bond donors (Lipinski definition) is 2. The number of benzene rings is 3. The Kier molecular flexibility index (Phi) is 5.81. The maximum atomic E-state index is 12.7. The monoisotopic (exact) mass is 403 g/mol. The van der Waals surface area contributed by atoms with Crippen molar-refractivity contribution < 1.29 is 9.59 Å². The molecule has 0 saturated carbocycles. The highest BCUT2D eigenvalue weighted by atomic mass is 32.2. The summed E-state index contributed by atoms with van der Waals surface area (Å²) in [5.41, 5.74) is 2.72. The maximum absolute atomic E-state index is 12.7. The van der Waals surface area contributed by atoms with Crippen LogP contribution in [-0.4, -0.2) is 30.7 Å². The first kappa shape index (κ1) is 19.1. The zero-order chi connectivity index (χ0) is 20.1. The van der Waals surface area contributed by atoms with E-state index in [9.17, 15) is 9.59 Å². The molecule has 2 amide bonds. The van der Waals surface area contributed by atoms with Gasteiger partial charge >= 0.3 is 0 Å². The summed E-state index contributed by atoms with van der Waals surface area (Å²) in [6.07, 6.45) is 0. The van der Waals surface area contributed by atoms with E-state index in [0.717, 1.165) is 18.0 Å². The van der Waals surface area contributed by atoms with Crippen molar-refractivity contribution in [2.75, 3.05) is 34.4 Å². The van der Waals surface area contributed by atoms with E-state index in [1.807, 2.05) is 54.6 Å². The van der Waals surface area contributed by atoms with Crippen molar-refractivity contribution in [3.05, 3.63) is 84.4 Å². The van der Waals surface area contributed by atoms with Gasteiger partial charge in [0.25, 0.3) is 5.91 Å². The molecule has 2 N–H and O–H groups in total. The number of carbonyl (C=O) groups is 2. The first-order valence-corrected chi connectivity index (χ1v) is 10.4. The Labute approximate surface area is 174 Å². The van der Waals surface area contributed by atoms with Gasteiger partial charge in [-0.1, -0.05) is 42.5 Å². The van der Waals surface area contributed by atoms with Gasteiger partial charge in [0.05, 0.1) is 23.5 Å². The van der Waals surface area contributed by atoms with Gasteiger partial charge in [0.2, 0.25) is 5.91 Å². The van der Waals surface area contributed by atoms with Crippen LogP contribution in [-0.2, 0) is 4.79 Å². The molecular weight excluding hydrogens is 382 g/mol. The van der Waals surface area contributed by atoms with Gasteiger partial charge in [-0.15, -0.1) is 11.8 Å². The lowest BCUT2D eigenvalue weighted by molar-refractivity contribution is -0.115. The van der Waals surface area contributed by atoms with Gasteiger partial charge in [0, 0.05) is 22.9 Å². The Morgan fingerprint density at radius 1 is 0.862 bits per heavy atom. The third kappa shape index (κ3) is 4.60. The van der Waals surface area contributed by atoms with E-state index < -0.39 is 0 Å². The Balaban J connectivity index is 1.46. The Morgan fingerprint density at radius 3 is 2.45 bits per heavy atom. The molecule has 0 atom stereocenters. The highest BCUT2D eigenvalue weighted by Crippen LogP contribution is 2.34. The number of anilines is 3. The second kappa shape index (κ2) is 8.84. The molecule has 0 aliphatic carbocycles. The average molecular weight is 404 g/mol. The lowest BCUT2D eigenvalue weighted by Gasteiger charge is -2.30. The van der Waals surface area contributed by atoms with Crippen molar-refractivity contribution in [2.45, 2.75) is 4.90 Å². The van der Waals surface area contributed by atoms with Crippen molar-refractivity contribution in [2.24, 2.45) is 0 Å². The molecule has 0 radical (unpaired) electrons. The Morgan fingerprint density at radius 2 is 1.59 bits per heavy atom. The molecular formula is C23H21N3O2S. The second-order valence-electron chi connectivity index (χ2n) is 6.65. The van der Waals surface area contributed by atoms with Gasteiger partial charge < -0.3 is 15.5 Å². The SMILES string of the molecule is O=C(CN1CCSc2ccccc21)Nc1ccccc1C(=O)Nc1ccccc1. The Bertz CT molecular complexity index is 1020. The Hall–Kier alpha value is -3.25. The van der Waals surface area contributed by atoms with Crippen LogP contribution in [0.25, 0.3) is 0 Å². The molecule has 6 heteroatoms. The summed E-state index contributed by atoms with van der Waals surface area (Å²) >= 11 is 1.80. The fraction of sp³-hybridized carbons (Fsp3) is 0.130. The predicted octanol–water partition coefficient (Wildman–Crippen LogP) is 4.49. The third-order valence-corrected chi connectivity index (χ3v) is 5.68. The van der Waals surface area contributed by atoms with Gasteiger partial charge in [-0.25, -0.2) is 0 Å². The van der Waals surface area contributed by atoms with E-state index in [0.29, 0.717) is 16.9 Å². The smallest absolute Gasteiger partial charge is 0.257 e. The van der Waals surface area contributed by atoms with Gasteiger partial charge in [0.15, 0.2) is 0 Å². The molecule has 1 aliphatic heterocycles. The van der Waals surface area contributed by atoms with Crippen LogP contribution < -0.4 is 15.5 Å². The van der Waals surface area contributed by atoms with Crippen LogP contribution in [0.15, 0.2) is 83.8 Å². The molecule has 0 saturated heterocycles. The topological polar surface area (TPSA) is 61.4 Å². The molecule has 3 aromatic carbocycles. The van der Waals surface area contributed by atoms with Gasteiger partial charge in [-0.2, -0.15) is 0 Å². The van der Waals surface area contributed by atoms with Crippen LogP contribution in [0.2, 0.25) is 0 Å². The van der Waals surface area contributed by atoms with Crippen molar-refractivity contribution in [3.8, 4) is 0 Å². The first-order valence-electron chi connectivity index (χ1n) is 9.43. The lowest BCUT2D eigenvalue weighted by atomic mass is 10.1. The number of para-hydroxylation sites is 3.